The van der Waals surface area contributed by atoms with Gasteiger partial charge in [-0.15, -0.1) is 0 Å². The van der Waals surface area contributed by atoms with Crippen molar-refractivity contribution in [2.45, 2.75) is 0 Å². The van der Waals surface area contributed by atoms with Gasteiger partial charge in [0.1, 0.15) is 0 Å². The summed E-state index contributed by atoms with van der Waals surface area (Å²) in [4.78, 5) is 15.3. The first-order valence-electron chi connectivity index (χ1n) is 5.55. The fraction of sp³-hybridized carbons (Fsp3) is 0. The first-order chi connectivity index (χ1) is 9.18. The average Bonchev–Trinajstić information content (AvgIpc) is 2.81. The minimum atomic E-state index is -0.408. The van der Waals surface area contributed by atoms with Crippen molar-refractivity contribution < 1.29 is 4.92 Å². The molecule has 0 N–H and O–H groups in total. The van der Waals surface area contributed by atoms with Gasteiger partial charge in [-0.3, -0.25) is 0 Å². The maximum Gasteiger partial charge on any atom is 0.355 e. The van der Waals surface area contributed by atoms with Gasteiger partial charge in [-0.05, 0) is 33.0 Å². The van der Waals surface area contributed by atoms with Gasteiger partial charge < -0.3 is 10.1 Å². The number of nitrogens with zero attached hydrogens (tertiary/aromatic N) is 3. The van der Waals surface area contributed by atoms with Crippen molar-refractivity contribution in [3.8, 4) is 11.3 Å². The van der Waals surface area contributed by atoms with Crippen LogP contribution < -0.4 is 0 Å². The van der Waals surface area contributed by atoms with Crippen LogP contribution >= 0.6 is 15.9 Å². The molecule has 0 unspecified atom stereocenters. The van der Waals surface area contributed by atoms with E-state index in [1.54, 1.807) is 18.3 Å². The second-order valence-electron chi connectivity index (χ2n) is 3.96. The van der Waals surface area contributed by atoms with Crippen LogP contribution in [0.1, 0.15) is 0 Å². The van der Waals surface area contributed by atoms with Crippen molar-refractivity contribution in [3.05, 3.63) is 63.2 Å². The molecule has 1 aromatic carbocycles. The molecular weight excluding hydrogens is 310 g/mol. The number of nitro groups is 1. The van der Waals surface area contributed by atoms with Crippen LogP contribution in [-0.2, 0) is 0 Å². The van der Waals surface area contributed by atoms with Crippen molar-refractivity contribution in [3.63, 3.8) is 0 Å². The zero-order chi connectivity index (χ0) is 13.4. The molecule has 3 aromatic rings. The lowest BCUT2D eigenvalue weighted by Gasteiger charge is -1.98. The molecule has 6 heteroatoms. The Bertz CT molecular complexity index is 768. The van der Waals surface area contributed by atoms with Gasteiger partial charge in [0, 0.05) is 5.56 Å². The highest BCUT2D eigenvalue weighted by Crippen LogP contribution is 2.32. The molecule has 2 heterocycles. The number of halogens is 1. The highest BCUT2D eigenvalue weighted by molar-refractivity contribution is 9.10. The SMILES string of the molecule is O=[N+]([O-])c1c(-c2ccccc2)nc2c(Br)cccn12. The third kappa shape index (κ3) is 1.90. The van der Waals surface area contributed by atoms with Crippen molar-refractivity contribution in [2.75, 3.05) is 0 Å². The molecule has 0 aliphatic heterocycles. The highest BCUT2D eigenvalue weighted by Gasteiger charge is 2.24. The summed E-state index contributed by atoms with van der Waals surface area (Å²) in [6.07, 6.45) is 1.64. The Morgan fingerprint density at radius 1 is 1.16 bits per heavy atom. The second kappa shape index (κ2) is 4.47. The van der Waals surface area contributed by atoms with Crippen LogP contribution in [0.2, 0.25) is 0 Å². The molecule has 0 spiro atoms. The standard InChI is InChI=1S/C13H8BrN3O2/c14-10-7-4-8-16-12(10)15-11(13(16)17(18)19)9-5-2-1-3-6-9/h1-8H. The first kappa shape index (κ1) is 11.9. The lowest BCUT2D eigenvalue weighted by Crippen LogP contribution is -1.95. The van der Waals surface area contributed by atoms with E-state index in [2.05, 4.69) is 20.9 Å². The molecule has 0 aliphatic rings. The Morgan fingerprint density at radius 3 is 2.58 bits per heavy atom. The molecule has 2 aromatic heterocycles. The molecule has 94 valence electrons. The third-order valence-corrected chi connectivity index (χ3v) is 3.42. The molecule has 0 fully saturated rings. The summed E-state index contributed by atoms with van der Waals surface area (Å²) in [5.41, 5.74) is 1.63. The zero-order valence-corrected chi connectivity index (χ0v) is 11.2. The number of benzene rings is 1. The monoisotopic (exact) mass is 317 g/mol. The number of aromatic nitrogens is 2. The van der Waals surface area contributed by atoms with Crippen LogP contribution in [0.4, 0.5) is 5.82 Å². The van der Waals surface area contributed by atoms with E-state index >= 15 is 0 Å². The third-order valence-electron chi connectivity index (χ3n) is 2.80. The molecule has 5 nitrogen and oxygen atoms in total. The predicted octanol–water partition coefficient (Wildman–Crippen LogP) is 3.67. The van der Waals surface area contributed by atoms with Crippen LogP contribution in [0.3, 0.4) is 0 Å². The Hall–Kier alpha value is -2.21. The molecule has 0 saturated heterocycles. The van der Waals surface area contributed by atoms with Gasteiger partial charge in [-0.25, -0.2) is 0 Å². The van der Waals surface area contributed by atoms with E-state index in [9.17, 15) is 10.1 Å². The summed E-state index contributed by atoms with van der Waals surface area (Å²) in [6, 6.07) is 12.7. The van der Waals surface area contributed by atoms with Gasteiger partial charge in [0.15, 0.2) is 5.69 Å². The Balaban J connectivity index is 2.39. The van der Waals surface area contributed by atoms with Crippen LogP contribution in [0.15, 0.2) is 53.1 Å². The molecule has 0 aliphatic carbocycles. The normalized spacial score (nSPS) is 10.8. The maximum absolute atomic E-state index is 11.3. The van der Waals surface area contributed by atoms with E-state index in [0.29, 0.717) is 11.3 Å². The lowest BCUT2D eigenvalue weighted by molar-refractivity contribution is -0.389. The van der Waals surface area contributed by atoms with Crippen LogP contribution in [-0.4, -0.2) is 14.3 Å². The molecule has 19 heavy (non-hydrogen) atoms. The van der Waals surface area contributed by atoms with E-state index in [0.717, 1.165) is 10.0 Å². The topological polar surface area (TPSA) is 60.4 Å². The molecule has 3 rings (SSSR count). The van der Waals surface area contributed by atoms with E-state index in [4.69, 9.17) is 0 Å². The minimum absolute atomic E-state index is 0.0255. The summed E-state index contributed by atoms with van der Waals surface area (Å²) >= 11 is 3.36. The number of hydrogen-bond acceptors (Lipinski definition) is 3. The van der Waals surface area contributed by atoms with Crippen molar-refractivity contribution in [2.24, 2.45) is 0 Å². The van der Waals surface area contributed by atoms with Crippen LogP contribution in [0.25, 0.3) is 16.9 Å². The van der Waals surface area contributed by atoms with Crippen molar-refractivity contribution in [1.82, 2.24) is 9.38 Å². The fourth-order valence-corrected chi connectivity index (χ4v) is 2.42. The summed E-state index contributed by atoms with van der Waals surface area (Å²) in [5, 5.41) is 11.3. The van der Waals surface area contributed by atoms with E-state index in [1.807, 2.05) is 30.3 Å². The summed E-state index contributed by atoms with van der Waals surface area (Å²) in [6.45, 7) is 0. The highest BCUT2D eigenvalue weighted by atomic mass is 79.9. The van der Waals surface area contributed by atoms with Crippen LogP contribution in [0.5, 0.6) is 0 Å². The molecule has 0 amide bonds. The zero-order valence-electron chi connectivity index (χ0n) is 9.65. The smallest absolute Gasteiger partial charge is 0.355 e. The second-order valence-corrected chi connectivity index (χ2v) is 4.81. The van der Waals surface area contributed by atoms with Gasteiger partial charge in [0.05, 0.1) is 10.7 Å². The summed E-state index contributed by atoms with van der Waals surface area (Å²) < 4.78 is 2.20. The first-order valence-corrected chi connectivity index (χ1v) is 6.34. The lowest BCUT2D eigenvalue weighted by atomic mass is 10.1. The van der Waals surface area contributed by atoms with Gasteiger partial charge >= 0.3 is 5.82 Å². The van der Waals surface area contributed by atoms with E-state index < -0.39 is 4.92 Å². The molecule has 0 radical (unpaired) electrons. The molecule has 0 bridgehead atoms. The molecule has 0 atom stereocenters. The van der Waals surface area contributed by atoms with E-state index in [1.165, 1.54) is 4.40 Å². The van der Waals surface area contributed by atoms with Gasteiger partial charge in [-0.1, -0.05) is 30.3 Å². The van der Waals surface area contributed by atoms with Crippen molar-refractivity contribution in [1.29, 1.82) is 0 Å². The minimum Gasteiger partial charge on any atom is -0.358 e. The van der Waals surface area contributed by atoms with Gasteiger partial charge in [-0.2, -0.15) is 9.38 Å². The maximum atomic E-state index is 11.3. The van der Waals surface area contributed by atoms with Crippen LogP contribution in [0, 0.1) is 10.1 Å². The largest absolute Gasteiger partial charge is 0.358 e. The molecule has 0 saturated carbocycles. The number of fused-ring (bicyclic) bond motifs is 1. The number of hydrogen-bond donors (Lipinski definition) is 0. The Morgan fingerprint density at radius 2 is 1.89 bits per heavy atom. The average molecular weight is 318 g/mol. The number of imidazole rings is 1. The number of pyridine rings is 1. The number of rotatable bonds is 2. The van der Waals surface area contributed by atoms with Crippen molar-refractivity contribution >= 4 is 27.4 Å². The Labute approximate surface area is 116 Å². The fourth-order valence-electron chi connectivity index (χ4n) is 1.99. The summed E-state index contributed by atoms with van der Waals surface area (Å²) in [7, 11) is 0. The van der Waals surface area contributed by atoms with Gasteiger partial charge in [0.25, 0.3) is 0 Å². The predicted molar refractivity (Wildman–Crippen MR) is 75.0 cm³/mol. The Kier molecular flexibility index (Phi) is 2.79. The molecular formula is C13H8BrN3O2. The van der Waals surface area contributed by atoms with Gasteiger partial charge in [0.2, 0.25) is 5.65 Å². The quantitative estimate of drug-likeness (QED) is 0.535. The summed E-state index contributed by atoms with van der Waals surface area (Å²) in [5.74, 6) is -0.0255. The van der Waals surface area contributed by atoms with E-state index in [-0.39, 0.29) is 5.82 Å².